The second kappa shape index (κ2) is 7.89. The molecule has 0 nitrogen and oxygen atoms in total. The lowest BCUT2D eigenvalue weighted by atomic mass is 9.94. The molecular weight excluding hydrogens is 240 g/mol. The molecule has 0 aliphatic heterocycles. The van der Waals surface area contributed by atoms with Gasteiger partial charge in [-0.2, -0.15) is 0 Å². The van der Waals surface area contributed by atoms with Crippen molar-refractivity contribution in [2.75, 3.05) is 0 Å². The minimum atomic E-state index is 1.19. The van der Waals surface area contributed by atoms with Crippen molar-refractivity contribution >= 4 is 0 Å². The predicted molar refractivity (Wildman–Crippen MR) is 89.1 cm³/mol. The largest absolute Gasteiger partial charge is 0.0654 e. The summed E-state index contributed by atoms with van der Waals surface area (Å²) in [6.07, 6.45) is 7.45. The second-order valence-corrected chi connectivity index (χ2v) is 5.56. The molecule has 0 N–H and O–H groups in total. The maximum Gasteiger partial charge on any atom is -0.0152 e. The molecule has 0 aromatic heterocycles. The Hall–Kier alpha value is -1.56. The Labute approximate surface area is 123 Å². The topological polar surface area (TPSA) is 0 Å². The normalized spacial score (nSPS) is 10.7. The molecule has 0 atom stereocenters. The van der Waals surface area contributed by atoms with Gasteiger partial charge in [-0.3, -0.25) is 0 Å². The summed E-state index contributed by atoms with van der Waals surface area (Å²) in [7, 11) is 0. The highest BCUT2D eigenvalue weighted by Crippen LogP contribution is 2.26. The van der Waals surface area contributed by atoms with Gasteiger partial charge in [0, 0.05) is 0 Å². The van der Waals surface area contributed by atoms with Crippen LogP contribution in [0.3, 0.4) is 0 Å². The lowest BCUT2D eigenvalue weighted by Crippen LogP contribution is -1.91. The van der Waals surface area contributed by atoms with Crippen molar-refractivity contribution in [3.63, 3.8) is 0 Å². The average Bonchev–Trinajstić information content (AvgIpc) is 2.51. The van der Waals surface area contributed by atoms with E-state index < -0.39 is 0 Å². The zero-order valence-corrected chi connectivity index (χ0v) is 12.9. The van der Waals surface area contributed by atoms with E-state index in [0.29, 0.717) is 0 Å². The van der Waals surface area contributed by atoms with Gasteiger partial charge in [0.15, 0.2) is 0 Å². The molecule has 0 radical (unpaired) electrons. The highest BCUT2D eigenvalue weighted by molar-refractivity contribution is 5.68. The maximum absolute atomic E-state index is 2.38. The Morgan fingerprint density at radius 2 is 1.50 bits per heavy atom. The molecule has 0 heteroatoms. The Morgan fingerprint density at radius 3 is 2.30 bits per heavy atom. The van der Waals surface area contributed by atoms with E-state index >= 15 is 0 Å². The molecule has 106 valence electrons. The first-order valence-electron chi connectivity index (χ1n) is 8.02. The number of aryl methyl sites for hydroxylation is 2. The quantitative estimate of drug-likeness (QED) is 0.573. The molecule has 0 spiro atoms. The first kappa shape index (κ1) is 14.8. The van der Waals surface area contributed by atoms with Crippen molar-refractivity contribution in [3.05, 3.63) is 59.7 Å². The molecule has 2 aromatic carbocycles. The SMILES string of the molecule is CCCCc1cccc(-c2ccccc2CCCC)c1. The minimum absolute atomic E-state index is 1.19. The summed E-state index contributed by atoms with van der Waals surface area (Å²) in [4.78, 5) is 0. The van der Waals surface area contributed by atoms with E-state index in [1.807, 2.05) is 0 Å². The number of unbranched alkanes of at least 4 members (excludes halogenated alkanes) is 2. The molecule has 0 fully saturated rings. The van der Waals surface area contributed by atoms with Crippen LogP contribution in [-0.4, -0.2) is 0 Å². The molecule has 0 bridgehead atoms. The standard InChI is InChI=1S/C20H26/c1-3-5-10-17-11-9-14-19(16-17)20-15-8-7-13-18(20)12-6-4-2/h7-9,11,13-16H,3-6,10,12H2,1-2H3. The predicted octanol–water partition coefficient (Wildman–Crippen LogP) is 6.04. The van der Waals surface area contributed by atoms with Crippen LogP contribution in [0.2, 0.25) is 0 Å². The van der Waals surface area contributed by atoms with Crippen molar-refractivity contribution in [2.45, 2.75) is 52.4 Å². The third-order valence-electron chi connectivity index (χ3n) is 3.87. The lowest BCUT2D eigenvalue weighted by molar-refractivity contribution is 0.794. The summed E-state index contributed by atoms with van der Waals surface area (Å²) in [6.45, 7) is 4.51. The van der Waals surface area contributed by atoms with E-state index in [0.717, 1.165) is 0 Å². The fourth-order valence-corrected chi connectivity index (χ4v) is 2.66. The van der Waals surface area contributed by atoms with Crippen molar-refractivity contribution in [3.8, 4) is 11.1 Å². The molecule has 20 heavy (non-hydrogen) atoms. The Balaban J connectivity index is 2.26. The van der Waals surface area contributed by atoms with E-state index in [1.54, 1.807) is 0 Å². The minimum Gasteiger partial charge on any atom is -0.0654 e. The summed E-state index contributed by atoms with van der Waals surface area (Å²) in [5, 5.41) is 0. The van der Waals surface area contributed by atoms with Crippen molar-refractivity contribution in [2.24, 2.45) is 0 Å². The summed E-state index contributed by atoms with van der Waals surface area (Å²) in [6, 6.07) is 18.0. The Bertz CT molecular complexity index is 525. The third-order valence-corrected chi connectivity index (χ3v) is 3.87. The van der Waals surface area contributed by atoms with E-state index in [9.17, 15) is 0 Å². The van der Waals surface area contributed by atoms with Gasteiger partial charge in [-0.25, -0.2) is 0 Å². The van der Waals surface area contributed by atoms with Crippen LogP contribution in [0.4, 0.5) is 0 Å². The highest BCUT2D eigenvalue weighted by atomic mass is 14.1. The molecule has 0 amide bonds. The number of hydrogen-bond acceptors (Lipinski definition) is 0. The summed E-state index contributed by atoms with van der Waals surface area (Å²) < 4.78 is 0. The van der Waals surface area contributed by atoms with Crippen LogP contribution in [0.1, 0.15) is 50.7 Å². The molecular formula is C20H26. The molecule has 0 saturated heterocycles. The van der Waals surface area contributed by atoms with Crippen LogP contribution in [0.15, 0.2) is 48.5 Å². The number of rotatable bonds is 7. The van der Waals surface area contributed by atoms with Gasteiger partial charge in [0.05, 0.1) is 0 Å². The van der Waals surface area contributed by atoms with Crippen molar-refractivity contribution < 1.29 is 0 Å². The molecule has 0 saturated carbocycles. The summed E-state index contributed by atoms with van der Waals surface area (Å²) in [5.41, 5.74) is 5.75. The molecule has 2 aromatic rings. The van der Waals surface area contributed by atoms with Crippen LogP contribution >= 0.6 is 0 Å². The van der Waals surface area contributed by atoms with Crippen molar-refractivity contribution in [1.82, 2.24) is 0 Å². The maximum atomic E-state index is 2.38. The van der Waals surface area contributed by atoms with Crippen LogP contribution in [0.5, 0.6) is 0 Å². The number of hydrogen-bond donors (Lipinski definition) is 0. The van der Waals surface area contributed by atoms with Gasteiger partial charge in [-0.1, -0.05) is 75.2 Å². The second-order valence-electron chi connectivity index (χ2n) is 5.56. The zero-order chi connectivity index (χ0) is 14.2. The van der Waals surface area contributed by atoms with E-state index in [4.69, 9.17) is 0 Å². The fourth-order valence-electron chi connectivity index (χ4n) is 2.66. The smallest absolute Gasteiger partial charge is 0.0152 e. The van der Waals surface area contributed by atoms with Gasteiger partial charge >= 0.3 is 0 Å². The van der Waals surface area contributed by atoms with E-state index in [-0.39, 0.29) is 0 Å². The lowest BCUT2D eigenvalue weighted by Gasteiger charge is -2.11. The van der Waals surface area contributed by atoms with Crippen LogP contribution in [0.25, 0.3) is 11.1 Å². The molecule has 2 rings (SSSR count). The fraction of sp³-hybridized carbons (Fsp3) is 0.400. The van der Waals surface area contributed by atoms with Gasteiger partial charge in [0.1, 0.15) is 0 Å². The highest BCUT2D eigenvalue weighted by Gasteiger charge is 2.05. The third kappa shape index (κ3) is 3.96. The van der Waals surface area contributed by atoms with Crippen molar-refractivity contribution in [1.29, 1.82) is 0 Å². The molecule has 0 aliphatic carbocycles. The molecule has 0 aliphatic rings. The Morgan fingerprint density at radius 1 is 0.750 bits per heavy atom. The van der Waals surface area contributed by atoms with Gasteiger partial charge in [0.25, 0.3) is 0 Å². The van der Waals surface area contributed by atoms with Gasteiger partial charge < -0.3 is 0 Å². The van der Waals surface area contributed by atoms with Gasteiger partial charge in [0.2, 0.25) is 0 Å². The van der Waals surface area contributed by atoms with Gasteiger partial charge in [-0.05, 0) is 47.9 Å². The summed E-state index contributed by atoms with van der Waals surface area (Å²) in [5.74, 6) is 0. The van der Waals surface area contributed by atoms with E-state index in [1.165, 1.54) is 60.8 Å². The van der Waals surface area contributed by atoms with E-state index in [2.05, 4.69) is 62.4 Å². The van der Waals surface area contributed by atoms with Crippen LogP contribution < -0.4 is 0 Å². The average molecular weight is 266 g/mol. The van der Waals surface area contributed by atoms with Gasteiger partial charge in [-0.15, -0.1) is 0 Å². The zero-order valence-electron chi connectivity index (χ0n) is 12.9. The monoisotopic (exact) mass is 266 g/mol. The molecule has 0 heterocycles. The van der Waals surface area contributed by atoms with Crippen LogP contribution in [0, 0.1) is 0 Å². The Kier molecular flexibility index (Phi) is 5.86. The number of benzene rings is 2. The summed E-state index contributed by atoms with van der Waals surface area (Å²) >= 11 is 0. The first-order valence-corrected chi connectivity index (χ1v) is 8.02. The molecule has 0 unspecified atom stereocenters. The van der Waals surface area contributed by atoms with Crippen LogP contribution in [-0.2, 0) is 12.8 Å². The first-order chi connectivity index (χ1) is 9.85.